The second kappa shape index (κ2) is 8.93. The average Bonchev–Trinajstić information content (AvgIpc) is 2.98. The van der Waals surface area contributed by atoms with Crippen molar-refractivity contribution in [1.29, 1.82) is 0 Å². The summed E-state index contributed by atoms with van der Waals surface area (Å²) in [6, 6.07) is 8.05. The average molecular weight is 465 g/mol. The largest absolute Gasteiger partial charge is 0.360 e. The molecule has 0 bridgehead atoms. The van der Waals surface area contributed by atoms with E-state index in [1.807, 2.05) is 39.8 Å². The van der Waals surface area contributed by atoms with Crippen molar-refractivity contribution in [2.24, 2.45) is 0 Å². The molecular weight excluding hydrogens is 436 g/mol. The van der Waals surface area contributed by atoms with Crippen LogP contribution in [-0.2, 0) is 14.8 Å². The first kappa shape index (κ1) is 22.3. The number of benzene rings is 1. The number of nitrogens with zero attached hydrogens (tertiary/aromatic N) is 4. The Kier molecular flexibility index (Phi) is 6.43. The number of rotatable bonds is 4. The highest BCUT2D eigenvalue weighted by atomic mass is 32.2. The summed E-state index contributed by atoms with van der Waals surface area (Å²) < 4.78 is 32.5. The van der Waals surface area contributed by atoms with Crippen LogP contribution in [0.2, 0.25) is 0 Å². The molecule has 0 saturated carbocycles. The van der Waals surface area contributed by atoms with Gasteiger partial charge in [0.1, 0.15) is 10.6 Å². The van der Waals surface area contributed by atoms with Gasteiger partial charge in [0.05, 0.1) is 12.2 Å². The normalized spacial score (nSPS) is 21.0. The number of para-hydroxylation sites is 1. The molecule has 1 atom stereocenters. The third-order valence-electron chi connectivity index (χ3n) is 5.80. The van der Waals surface area contributed by atoms with Gasteiger partial charge in [-0.1, -0.05) is 24.2 Å². The molecule has 0 aliphatic carbocycles. The molecule has 31 heavy (non-hydrogen) atoms. The summed E-state index contributed by atoms with van der Waals surface area (Å²) in [5, 5.41) is 4.23. The van der Waals surface area contributed by atoms with Crippen molar-refractivity contribution in [3.8, 4) is 0 Å². The maximum absolute atomic E-state index is 13.2. The molecule has 3 heterocycles. The van der Waals surface area contributed by atoms with Gasteiger partial charge in [0.2, 0.25) is 15.9 Å². The first-order valence-corrected chi connectivity index (χ1v) is 12.8. The summed E-state index contributed by atoms with van der Waals surface area (Å²) >= 11 is 1.81. The molecule has 2 aliphatic heterocycles. The Hall–Kier alpha value is -1.88. The lowest BCUT2D eigenvalue weighted by molar-refractivity contribution is -0.120. The number of sulfonamides is 1. The third kappa shape index (κ3) is 4.52. The van der Waals surface area contributed by atoms with Crippen LogP contribution in [0.5, 0.6) is 0 Å². The predicted molar refractivity (Wildman–Crippen MR) is 120 cm³/mol. The molecule has 1 fully saturated rings. The fraction of sp³-hybridized carbons (Fsp3) is 0.524. The number of aryl methyl sites for hydroxylation is 2. The second-order valence-corrected chi connectivity index (χ2v) is 11.4. The van der Waals surface area contributed by atoms with Gasteiger partial charge in [0.15, 0.2) is 5.76 Å². The molecule has 1 amide bonds. The van der Waals surface area contributed by atoms with Crippen molar-refractivity contribution < 1.29 is 17.7 Å². The van der Waals surface area contributed by atoms with Crippen LogP contribution < -0.4 is 4.90 Å². The molecular formula is C21H28N4O4S2. The summed E-state index contributed by atoms with van der Waals surface area (Å²) in [6.45, 7) is 8.11. The van der Waals surface area contributed by atoms with Gasteiger partial charge in [-0.3, -0.25) is 9.69 Å². The summed E-state index contributed by atoms with van der Waals surface area (Å²) in [5.41, 5.74) is 1.35. The van der Waals surface area contributed by atoms with Crippen molar-refractivity contribution in [1.82, 2.24) is 14.4 Å². The van der Waals surface area contributed by atoms with E-state index in [-0.39, 0.29) is 17.3 Å². The number of carbonyl (C=O) groups is 1. The lowest BCUT2D eigenvalue weighted by Gasteiger charge is -2.34. The number of hydrogen-bond acceptors (Lipinski definition) is 7. The third-order valence-corrected chi connectivity index (χ3v) is 9.18. The number of fused-ring (bicyclic) bond motifs is 1. The van der Waals surface area contributed by atoms with E-state index in [1.54, 1.807) is 13.8 Å². The summed E-state index contributed by atoms with van der Waals surface area (Å²) in [7, 11) is -3.65. The Morgan fingerprint density at radius 3 is 2.55 bits per heavy atom. The second-order valence-electron chi connectivity index (χ2n) is 8.06. The van der Waals surface area contributed by atoms with Crippen LogP contribution in [0.3, 0.4) is 0 Å². The Balaban J connectivity index is 1.41. The number of piperazine rings is 1. The zero-order valence-electron chi connectivity index (χ0n) is 18.1. The van der Waals surface area contributed by atoms with E-state index in [4.69, 9.17) is 4.52 Å². The number of thioether (sulfide) groups is 1. The number of amides is 1. The quantitative estimate of drug-likeness (QED) is 0.687. The van der Waals surface area contributed by atoms with E-state index in [2.05, 4.69) is 18.1 Å². The summed E-state index contributed by atoms with van der Waals surface area (Å²) in [5.74, 6) is 0.367. The lowest BCUT2D eigenvalue weighted by atomic mass is 10.2. The molecule has 1 aromatic heterocycles. The molecule has 10 heteroatoms. The van der Waals surface area contributed by atoms with Crippen molar-refractivity contribution in [2.75, 3.05) is 44.2 Å². The molecule has 1 aromatic carbocycles. The minimum atomic E-state index is -3.65. The van der Waals surface area contributed by atoms with Gasteiger partial charge < -0.3 is 9.42 Å². The zero-order chi connectivity index (χ0) is 22.2. The summed E-state index contributed by atoms with van der Waals surface area (Å²) in [6.07, 6.45) is 0.939. The zero-order valence-corrected chi connectivity index (χ0v) is 19.7. The molecule has 2 aliphatic rings. The number of hydrogen-bond donors (Lipinski definition) is 0. The van der Waals surface area contributed by atoms with Crippen LogP contribution in [0.1, 0.15) is 24.8 Å². The van der Waals surface area contributed by atoms with Crippen LogP contribution in [0.15, 0.2) is 38.6 Å². The molecule has 2 aromatic rings. The molecule has 0 spiro atoms. The van der Waals surface area contributed by atoms with E-state index in [1.165, 1.54) is 4.31 Å². The Morgan fingerprint density at radius 1 is 1.16 bits per heavy atom. The standard InChI is InChI=1S/C21H28N4O4S2/c1-15-8-9-25(18-6-4-5-7-19(18)30-15)20(26)14-23-10-12-24(13-11-23)31(27,28)21-16(2)22-29-17(21)3/h4-7,15H,8-14H2,1-3H3. The molecule has 168 valence electrons. The molecule has 0 N–H and O–H groups in total. The van der Waals surface area contributed by atoms with E-state index in [9.17, 15) is 13.2 Å². The van der Waals surface area contributed by atoms with E-state index in [0.717, 1.165) is 17.0 Å². The van der Waals surface area contributed by atoms with Gasteiger partial charge in [-0.05, 0) is 32.4 Å². The van der Waals surface area contributed by atoms with Crippen LogP contribution >= 0.6 is 11.8 Å². The Labute approximate surface area is 187 Å². The van der Waals surface area contributed by atoms with Gasteiger partial charge in [-0.2, -0.15) is 4.31 Å². The van der Waals surface area contributed by atoms with Crippen LogP contribution in [0.25, 0.3) is 0 Å². The molecule has 4 rings (SSSR count). The van der Waals surface area contributed by atoms with Crippen molar-refractivity contribution in [3.63, 3.8) is 0 Å². The van der Waals surface area contributed by atoms with Gasteiger partial charge in [-0.15, -0.1) is 11.8 Å². The molecule has 8 nitrogen and oxygen atoms in total. The Morgan fingerprint density at radius 2 is 1.87 bits per heavy atom. The topological polar surface area (TPSA) is 87.0 Å². The minimum absolute atomic E-state index is 0.0594. The predicted octanol–water partition coefficient (Wildman–Crippen LogP) is 2.52. The van der Waals surface area contributed by atoms with E-state index in [0.29, 0.717) is 49.4 Å². The van der Waals surface area contributed by atoms with Crippen molar-refractivity contribution >= 4 is 33.4 Å². The van der Waals surface area contributed by atoms with E-state index >= 15 is 0 Å². The first-order chi connectivity index (χ1) is 14.8. The van der Waals surface area contributed by atoms with Gasteiger partial charge in [0, 0.05) is 42.9 Å². The monoisotopic (exact) mass is 464 g/mol. The molecule has 1 unspecified atom stereocenters. The van der Waals surface area contributed by atoms with Crippen LogP contribution in [-0.4, -0.2) is 73.2 Å². The number of anilines is 1. The fourth-order valence-corrected chi connectivity index (χ4v) is 6.95. The van der Waals surface area contributed by atoms with Gasteiger partial charge in [-0.25, -0.2) is 8.42 Å². The SMILES string of the molecule is Cc1noc(C)c1S(=O)(=O)N1CCN(CC(=O)N2CCC(C)Sc3ccccc32)CC1. The van der Waals surface area contributed by atoms with Crippen LogP contribution in [0.4, 0.5) is 5.69 Å². The van der Waals surface area contributed by atoms with Crippen molar-refractivity contribution in [2.45, 2.75) is 42.2 Å². The first-order valence-electron chi connectivity index (χ1n) is 10.5. The molecule has 0 radical (unpaired) electrons. The lowest BCUT2D eigenvalue weighted by Crippen LogP contribution is -2.51. The van der Waals surface area contributed by atoms with Crippen LogP contribution in [0, 0.1) is 13.8 Å². The van der Waals surface area contributed by atoms with E-state index < -0.39 is 10.0 Å². The maximum Gasteiger partial charge on any atom is 0.248 e. The smallest absolute Gasteiger partial charge is 0.248 e. The summed E-state index contributed by atoms with van der Waals surface area (Å²) in [4.78, 5) is 18.4. The fourth-order valence-electron chi connectivity index (χ4n) is 4.12. The highest BCUT2D eigenvalue weighted by Crippen LogP contribution is 2.37. The maximum atomic E-state index is 13.2. The number of aromatic nitrogens is 1. The highest BCUT2D eigenvalue weighted by molar-refractivity contribution is 8.00. The highest BCUT2D eigenvalue weighted by Gasteiger charge is 2.34. The van der Waals surface area contributed by atoms with Crippen molar-refractivity contribution in [3.05, 3.63) is 35.7 Å². The minimum Gasteiger partial charge on any atom is -0.360 e. The van der Waals surface area contributed by atoms with Gasteiger partial charge >= 0.3 is 0 Å². The Bertz CT molecular complexity index is 1040. The van der Waals surface area contributed by atoms with Gasteiger partial charge in [0.25, 0.3) is 0 Å². The molecule has 1 saturated heterocycles. The number of carbonyl (C=O) groups excluding carboxylic acids is 1.